The first kappa shape index (κ1) is 26.3. The lowest BCUT2D eigenvalue weighted by Gasteiger charge is -2.48. The highest BCUT2D eigenvalue weighted by Gasteiger charge is 2.37. The Morgan fingerprint density at radius 1 is 1.03 bits per heavy atom. The molecule has 194 valence electrons. The second-order valence-corrected chi connectivity index (χ2v) is 10.2. The van der Waals surface area contributed by atoms with Crippen LogP contribution in [0.1, 0.15) is 61.1 Å². The molecule has 1 heterocycles. The number of nitrogens with one attached hydrogen (secondary N) is 1. The lowest BCUT2D eigenvalue weighted by molar-refractivity contribution is -0.141. The Morgan fingerprint density at radius 3 is 2.44 bits per heavy atom. The molecule has 1 aliphatic heterocycles. The van der Waals surface area contributed by atoms with E-state index >= 15 is 0 Å². The zero-order valence-electron chi connectivity index (χ0n) is 21.7. The molecular weight excluding hydrogens is 454 g/mol. The van der Waals surface area contributed by atoms with Gasteiger partial charge < -0.3 is 9.84 Å². The van der Waals surface area contributed by atoms with Gasteiger partial charge in [-0.15, -0.1) is 0 Å². The van der Waals surface area contributed by atoms with Gasteiger partial charge in [-0.05, 0) is 68.9 Å². The summed E-state index contributed by atoms with van der Waals surface area (Å²) < 4.78 is 4.91. The summed E-state index contributed by atoms with van der Waals surface area (Å²) in [5.74, 6) is 0.646. The number of hydrogen-bond donors (Lipinski definition) is 2. The molecule has 1 aliphatic carbocycles. The molecule has 2 aliphatic rings. The quantitative estimate of drug-likeness (QED) is 0.365. The molecular formula is C29H39N3O4. The average molecular weight is 494 g/mol. The number of Topliss-reactive ketones (excluding diaryl/α,β-unsaturated/α-hetero) is 1. The second-order valence-electron chi connectivity index (χ2n) is 10.2. The Morgan fingerprint density at radius 2 is 1.75 bits per heavy atom. The third-order valence-electron chi connectivity index (χ3n) is 7.26. The Balaban J connectivity index is 1.56. The molecule has 0 aromatic heterocycles. The number of nitrogens with zero attached hydrogens (tertiary/aromatic N) is 2. The predicted molar refractivity (Wildman–Crippen MR) is 140 cm³/mol. The molecule has 1 saturated carbocycles. The van der Waals surface area contributed by atoms with Gasteiger partial charge in [-0.3, -0.25) is 24.7 Å². The topological polar surface area (TPSA) is 82.1 Å². The lowest BCUT2D eigenvalue weighted by Crippen LogP contribution is -2.57. The molecule has 0 unspecified atom stereocenters. The molecule has 2 N–H and O–H groups in total. The first-order valence-electron chi connectivity index (χ1n) is 13.1. The fourth-order valence-electron chi connectivity index (χ4n) is 5.22. The van der Waals surface area contributed by atoms with E-state index in [0.717, 1.165) is 30.1 Å². The fraction of sp³-hybridized carbons (Fsp3) is 0.517. The average Bonchev–Trinajstić information content (AvgIpc) is 3.67. The van der Waals surface area contributed by atoms with Crippen molar-refractivity contribution in [2.45, 2.75) is 51.7 Å². The molecule has 0 bridgehead atoms. The number of ether oxygens (including phenoxy) is 1. The SMILES string of the molecule is CCOC(=O)CNCC(=O)c1cccc([C@H](c2cccc(O)c2)N2C[C@@H](C)N(CC3CC3)C[C@@H]2C)c1. The molecule has 0 amide bonds. The van der Waals surface area contributed by atoms with Gasteiger partial charge in [-0.2, -0.15) is 0 Å². The van der Waals surface area contributed by atoms with Gasteiger partial charge in [0.05, 0.1) is 25.7 Å². The van der Waals surface area contributed by atoms with Crippen LogP contribution in [0, 0.1) is 5.92 Å². The van der Waals surface area contributed by atoms with Crippen LogP contribution in [0.5, 0.6) is 5.75 Å². The van der Waals surface area contributed by atoms with Gasteiger partial charge in [0.1, 0.15) is 5.75 Å². The molecule has 3 atom stereocenters. The van der Waals surface area contributed by atoms with Gasteiger partial charge >= 0.3 is 5.97 Å². The van der Waals surface area contributed by atoms with E-state index in [1.807, 2.05) is 36.4 Å². The number of phenols is 1. The maximum Gasteiger partial charge on any atom is 0.319 e. The van der Waals surface area contributed by atoms with Gasteiger partial charge in [-0.25, -0.2) is 0 Å². The molecule has 0 radical (unpaired) electrons. The van der Waals surface area contributed by atoms with Crippen molar-refractivity contribution < 1.29 is 19.4 Å². The van der Waals surface area contributed by atoms with Crippen LogP contribution in [0.3, 0.4) is 0 Å². The zero-order valence-corrected chi connectivity index (χ0v) is 21.7. The van der Waals surface area contributed by atoms with Crippen LogP contribution in [-0.4, -0.2) is 78.1 Å². The van der Waals surface area contributed by atoms with Crippen molar-refractivity contribution in [3.63, 3.8) is 0 Å². The summed E-state index contributed by atoms with van der Waals surface area (Å²) in [7, 11) is 0. The van der Waals surface area contributed by atoms with Crippen molar-refractivity contribution >= 4 is 11.8 Å². The van der Waals surface area contributed by atoms with Gasteiger partial charge in [0.25, 0.3) is 0 Å². The summed E-state index contributed by atoms with van der Waals surface area (Å²) in [5, 5.41) is 13.2. The van der Waals surface area contributed by atoms with Crippen molar-refractivity contribution in [3.8, 4) is 5.75 Å². The third kappa shape index (κ3) is 6.72. The van der Waals surface area contributed by atoms with Gasteiger partial charge in [0, 0.05) is 37.3 Å². The monoisotopic (exact) mass is 493 g/mol. The predicted octanol–water partition coefficient (Wildman–Crippen LogP) is 3.62. The smallest absolute Gasteiger partial charge is 0.319 e. The van der Waals surface area contributed by atoms with E-state index in [9.17, 15) is 14.7 Å². The minimum absolute atomic E-state index is 0.00568. The van der Waals surface area contributed by atoms with Crippen LogP contribution in [-0.2, 0) is 9.53 Å². The summed E-state index contributed by atoms with van der Waals surface area (Å²) in [6, 6.07) is 15.9. The second kappa shape index (κ2) is 12.0. The highest BCUT2D eigenvalue weighted by molar-refractivity contribution is 5.98. The molecule has 7 nitrogen and oxygen atoms in total. The molecule has 0 spiro atoms. The summed E-state index contributed by atoms with van der Waals surface area (Å²) in [6.45, 7) is 9.81. The van der Waals surface area contributed by atoms with E-state index in [1.54, 1.807) is 13.0 Å². The van der Waals surface area contributed by atoms with Crippen molar-refractivity contribution in [1.82, 2.24) is 15.1 Å². The molecule has 2 aromatic carbocycles. The van der Waals surface area contributed by atoms with Gasteiger partial charge in [0.15, 0.2) is 5.78 Å². The van der Waals surface area contributed by atoms with E-state index in [4.69, 9.17) is 4.74 Å². The minimum atomic E-state index is -0.369. The third-order valence-corrected chi connectivity index (χ3v) is 7.26. The summed E-state index contributed by atoms with van der Waals surface area (Å²) >= 11 is 0. The molecule has 7 heteroatoms. The van der Waals surface area contributed by atoms with E-state index in [1.165, 1.54) is 19.4 Å². The zero-order chi connectivity index (χ0) is 25.7. The number of hydrogen-bond acceptors (Lipinski definition) is 7. The van der Waals surface area contributed by atoms with E-state index in [-0.39, 0.29) is 36.6 Å². The standard InChI is InChI=1S/C29H39N3O4/c1-4-36-28(35)16-30-15-27(34)23-7-5-8-24(13-23)29(25-9-6-10-26(33)14-25)32-18-20(2)31(17-21(32)3)19-22-11-12-22/h5-10,13-14,20-22,29-30,33H,4,11-12,15-19H2,1-3H3/t20-,21+,29-/m1/s1. The van der Waals surface area contributed by atoms with E-state index in [0.29, 0.717) is 24.3 Å². The number of esters is 1. The summed E-state index contributed by atoms with van der Waals surface area (Å²) in [6.07, 6.45) is 2.70. The Bertz CT molecular complexity index is 1050. The number of ketones is 1. The van der Waals surface area contributed by atoms with Crippen molar-refractivity contribution in [2.24, 2.45) is 5.92 Å². The highest BCUT2D eigenvalue weighted by atomic mass is 16.5. The number of carbonyl (C=O) groups is 2. The largest absolute Gasteiger partial charge is 0.508 e. The van der Waals surface area contributed by atoms with Crippen LogP contribution in [0.4, 0.5) is 0 Å². The fourth-order valence-corrected chi connectivity index (χ4v) is 5.22. The molecule has 4 rings (SSSR count). The van der Waals surface area contributed by atoms with Gasteiger partial charge in [-0.1, -0.05) is 30.3 Å². The maximum absolute atomic E-state index is 12.9. The summed E-state index contributed by atoms with van der Waals surface area (Å²) in [5.41, 5.74) is 2.63. The maximum atomic E-state index is 12.9. The van der Waals surface area contributed by atoms with Crippen molar-refractivity contribution in [2.75, 3.05) is 39.3 Å². The lowest BCUT2D eigenvalue weighted by atomic mass is 9.92. The number of benzene rings is 2. The first-order chi connectivity index (χ1) is 17.4. The van der Waals surface area contributed by atoms with Crippen LogP contribution in [0.25, 0.3) is 0 Å². The Labute approximate surface area is 214 Å². The van der Waals surface area contributed by atoms with Crippen molar-refractivity contribution in [1.29, 1.82) is 0 Å². The number of carbonyl (C=O) groups excluding carboxylic acids is 2. The van der Waals surface area contributed by atoms with E-state index in [2.05, 4.69) is 35.0 Å². The molecule has 1 saturated heterocycles. The van der Waals surface area contributed by atoms with Gasteiger partial charge in [0.2, 0.25) is 0 Å². The number of rotatable bonds is 11. The minimum Gasteiger partial charge on any atom is -0.508 e. The number of piperazine rings is 1. The molecule has 36 heavy (non-hydrogen) atoms. The molecule has 2 aromatic rings. The number of phenolic OH excluding ortho intramolecular Hbond substituents is 1. The highest BCUT2D eigenvalue weighted by Crippen LogP contribution is 2.36. The van der Waals surface area contributed by atoms with E-state index < -0.39 is 0 Å². The van der Waals surface area contributed by atoms with Crippen LogP contribution < -0.4 is 5.32 Å². The Hall–Kier alpha value is -2.74. The number of aromatic hydroxyl groups is 1. The first-order valence-corrected chi connectivity index (χ1v) is 13.1. The van der Waals surface area contributed by atoms with Crippen LogP contribution >= 0.6 is 0 Å². The van der Waals surface area contributed by atoms with Crippen LogP contribution in [0.2, 0.25) is 0 Å². The molecule has 2 fully saturated rings. The Kier molecular flexibility index (Phi) is 8.77. The van der Waals surface area contributed by atoms with Crippen LogP contribution in [0.15, 0.2) is 48.5 Å². The normalized spacial score (nSPS) is 21.8. The summed E-state index contributed by atoms with van der Waals surface area (Å²) in [4.78, 5) is 29.6. The van der Waals surface area contributed by atoms with Crippen molar-refractivity contribution in [3.05, 3.63) is 65.2 Å².